The minimum Gasteiger partial charge on any atom is -0.494 e. The van der Waals surface area contributed by atoms with Gasteiger partial charge in [-0.25, -0.2) is 0 Å². The molecule has 0 saturated carbocycles. The Morgan fingerprint density at radius 2 is 2.19 bits per heavy atom. The maximum atomic E-state index is 12.0. The van der Waals surface area contributed by atoms with Crippen LogP contribution >= 0.6 is 0 Å². The van der Waals surface area contributed by atoms with Gasteiger partial charge in [-0.2, -0.15) is 0 Å². The first-order valence-corrected chi connectivity index (χ1v) is 6.98. The van der Waals surface area contributed by atoms with Crippen molar-refractivity contribution in [3.05, 3.63) is 48.4 Å². The summed E-state index contributed by atoms with van der Waals surface area (Å²) in [5.74, 6) is 1.42. The quantitative estimate of drug-likeness (QED) is 0.822. The van der Waals surface area contributed by atoms with Crippen LogP contribution in [0.5, 0.6) is 5.75 Å². The van der Waals surface area contributed by atoms with Crippen molar-refractivity contribution in [1.29, 1.82) is 0 Å². The van der Waals surface area contributed by atoms with Crippen LogP contribution in [-0.4, -0.2) is 18.6 Å². The molecule has 0 bridgehead atoms. The average molecular weight is 288 g/mol. The first-order valence-electron chi connectivity index (χ1n) is 6.98. The second kappa shape index (κ2) is 7.38. The van der Waals surface area contributed by atoms with Crippen LogP contribution in [0.4, 0.5) is 5.69 Å². The first kappa shape index (κ1) is 15.0. The number of rotatable bonds is 7. The van der Waals surface area contributed by atoms with Crippen LogP contribution in [-0.2, 0) is 11.3 Å². The molecule has 1 atom stereocenters. The summed E-state index contributed by atoms with van der Waals surface area (Å²) in [6, 6.07) is 10.8. The monoisotopic (exact) mass is 288 g/mol. The van der Waals surface area contributed by atoms with Gasteiger partial charge in [-0.15, -0.1) is 0 Å². The van der Waals surface area contributed by atoms with E-state index in [9.17, 15) is 4.79 Å². The van der Waals surface area contributed by atoms with E-state index in [-0.39, 0.29) is 11.9 Å². The number of nitrogens with one attached hydrogen (secondary N) is 2. The van der Waals surface area contributed by atoms with Crippen LogP contribution in [0, 0.1) is 0 Å². The van der Waals surface area contributed by atoms with Crippen molar-refractivity contribution in [3.8, 4) is 5.75 Å². The standard InChI is InChI=1S/C16H20N2O3/c1-3-20-14-7-4-6-13(10-14)18-12(2)16(19)17-11-15-8-5-9-21-15/h4-10,12,18H,3,11H2,1-2H3,(H,17,19). The molecule has 0 saturated heterocycles. The highest BCUT2D eigenvalue weighted by molar-refractivity contribution is 5.84. The zero-order chi connectivity index (χ0) is 15.1. The van der Waals surface area contributed by atoms with Crippen molar-refractivity contribution >= 4 is 11.6 Å². The van der Waals surface area contributed by atoms with Gasteiger partial charge in [0, 0.05) is 11.8 Å². The fraction of sp³-hybridized carbons (Fsp3) is 0.312. The van der Waals surface area contributed by atoms with Crippen molar-refractivity contribution in [2.75, 3.05) is 11.9 Å². The van der Waals surface area contributed by atoms with E-state index in [4.69, 9.17) is 9.15 Å². The third-order valence-corrected chi connectivity index (χ3v) is 2.94. The lowest BCUT2D eigenvalue weighted by Gasteiger charge is -2.15. The number of ether oxygens (including phenoxy) is 1. The minimum absolute atomic E-state index is 0.0896. The highest BCUT2D eigenvalue weighted by Gasteiger charge is 2.12. The van der Waals surface area contributed by atoms with Crippen molar-refractivity contribution < 1.29 is 13.9 Å². The smallest absolute Gasteiger partial charge is 0.242 e. The van der Waals surface area contributed by atoms with E-state index in [0.29, 0.717) is 13.2 Å². The molecule has 0 spiro atoms. The van der Waals surface area contributed by atoms with Crippen LogP contribution in [0.2, 0.25) is 0 Å². The van der Waals surface area contributed by atoms with Gasteiger partial charge < -0.3 is 19.8 Å². The minimum atomic E-state index is -0.350. The van der Waals surface area contributed by atoms with Gasteiger partial charge >= 0.3 is 0 Å². The molecule has 2 N–H and O–H groups in total. The fourth-order valence-electron chi connectivity index (χ4n) is 1.90. The van der Waals surface area contributed by atoms with E-state index in [1.165, 1.54) is 0 Å². The average Bonchev–Trinajstić information content (AvgIpc) is 2.98. The zero-order valence-corrected chi connectivity index (χ0v) is 12.3. The molecule has 2 aromatic rings. The molecule has 5 nitrogen and oxygen atoms in total. The summed E-state index contributed by atoms with van der Waals surface area (Å²) in [4.78, 5) is 12.0. The number of hydrogen-bond donors (Lipinski definition) is 2. The highest BCUT2D eigenvalue weighted by atomic mass is 16.5. The molecule has 0 aliphatic rings. The third kappa shape index (κ3) is 4.56. The lowest BCUT2D eigenvalue weighted by Crippen LogP contribution is -2.37. The number of carbonyl (C=O) groups is 1. The summed E-state index contributed by atoms with van der Waals surface area (Å²) >= 11 is 0. The Morgan fingerprint density at radius 1 is 1.33 bits per heavy atom. The Hall–Kier alpha value is -2.43. The Morgan fingerprint density at radius 3 is 2.90 bits per heavy atom. The second-order valence-corrected chi connectivity index (χ2v) is 4.62. The molecular formula is C16H20N2O3. The molecule has 21 heavy (non-hydrogen) atoms. The molecule has 112 valence electrons. The van der Waals surface area contributed by atoms with E-state index in [1.54, 1.807) is 12.3 Å². The van der Waals surface area contributed by atoms with Gasteiger partial charge in [-0.05, 0) is 38.1 Å². The lowest BCUT2D eigenvalue weighted by atomic mass is 10.2. The molecule has 1 aromatic carbocycles. The molecular weight excluding hydrogens is 268 g/mol. The third-order valence-electron chi connectivity index (χ3n) is 2.94. The van der Waals surface area contributed by atoms with Crippen LogP contribution in [0.25, 0.3) is 0 Å². The van der Waals surface area contributed by atoms with Gasteiger partial charge in [0.1, 0.15) is 17.6 Å². The van der Waals surface area contributed by atoms with E-state index in [0.717, 1.165) is 17.2 Å². The number of furan rings is 1. The summed E-state index contributed by atoms with van der Waals surface area (Å²) < 4.78 is 10.6. The van der Waals surface area contributed by atoms with E-state index in [1.807, 2.05) is 44.2 Å². The summed E-state index contributed by atoms with van der Waals surface area (Å²) in [6.45, 7) is 4.75. The van der Waals surface area contributed by atoms with Crippen LogP contribution < -0.4 is 15.4 Å². The first-order chi connectivity index (χ1) is 10.2. The predicted octanol–water partition coefficient (Wildman–Crippen LogP) is 2.80. The second-order valence-electron chi connectivity index (χ2n) is 4.62. The molecule has 2 rings (SSSR count). The van der Waals surface area contributed by atoms with Gasteiger partial charge in [0.25, 0.3) is 0 Å². The van der Waals surface area contributed by atoms with Crippen molar-refractivity contribution in [2.24, 2.45) is 0 Å². The van der Waals surface area contributed by atoms with Gasteiger partial charge in [0.15, 0.2) is 0 Å². The fourth-order valence-corrected chi connectivity index (χ4v) is 1.90. The van der Waals surface area contributed by atoms with Gasteiger partial charge in [-0.1, -0.05) is 6.07 Å². The summed E-state index contributed by atoms with van der Waals surface area (Å²) in [5.41, 5.74) is 0.849. The summed E-state index contributed by atoms with van der Waals surface area (Å²) in [5, 5.41) is 5.97. The van der Waals surface area contributed by atoms with E-state index >= 15 is 0 Å². The predicted molar refractivity (Wildman–Crippen MR) is 81.3 cm³/mol. The molecule has 0 fully saturated rings. The molecule has 1 unspecified atom stereocenters. The van der Waals surface area contributed by atoms with Crippen molar-refractivity contribution in [2.45, 2.75) is 26.4 Å². The molecule has 5 heteroatoms. The number of anilines is 1. The maximum Gasteiger partial charge on any atom is 0.242 e. The Bertz CT molecular complexity index is 567. The SMILES string of the molecule is CCOc1cccc(NC(C)C(=O)NCc2ccco2)c1. The summed E-state index contributed by atoms with van der Waals surface area (Å²) in [6.07, 6.45) is 1.59. The largest absolute Gasteiger partial charge is 0.494 e. The van der Waals surface area contributed by atoms with Crippen molar-refractivity contribution in [1.82, 2.24) is 5.32 Å². The Balaban J connectivity index is 1.86. The number of hydrogen-bond acceptors (Lipinski definition) is 4. The zero-order valence-electron chi connectivity index (χ0n) is 12.3. The maximum absolute atomic E-state index is 12.0. The molecule has 1 heterocycles. The molecule has 0 radical (unpaired) electrons. The number of benzene rings is 1. The molecule has 1 aromatic heterocycles. The Labute approximate surface area is 124 Å². The number of carbonyl (C=O) groups excluding carboxylic acids is 1. The van der Waals surface area contributed by atoms with Gasteiger partial charge in [0.05, 0.1) is 19.4 Å². The van der Waals surface area contributed by atoms with Crippen LogP contribution in [0.15, 0.2) is 47.1 Å². The van der Waals surface area contributed by atoms with Crippen LogP contribution in [0.1, 0.15) is 19.6 Å². The van der Waals surface area contributed by atoms with E-state index in [2.05, 4.69) is 10.6 Å². The summed E-state index contributed by atoms with van der Waals surface area (Å²) in [7, 11) is 0. The van der Waals surface area contributed by atoms with Gasteiger partial charge in [-0.3, -0.25) is 4.79 Å². The van der Waals surface area contributed by atoms with Gasteiger partial charge in [0.2, 0.25) is 5.91 Å². The molecule has 0 aliphatic heterocycles. The highest BCUT2D eigenvalue weighted by Crippen LogP contribution is 2.18. The number of amides is 1. The van der Waals surface area contributed by atoms with E-state index < -0.39 is 0 Å². The lowest BCUT2D eigenvalue weighted by molar-refractivity contribution is -0.121. The molecule has 1 amide bonds. The normalized spacial score (nSPS) is 11.7. The molecule has 0 aliphatic carbocycles. The van der Waals surface area contributed by atoms with Crippen molar-refractivity contribution in [3.63, 3.8) is 0 Å². The Kier molecular flexibility index (Phi) is 5.26. The topological polar surface area (TPSA) is 63.5 Å². The van der Waals surface area contributed by atoms with Crippen LogP contribution in [0.3, 0.4) is 0 Å².